The molecule has 1 atom stereocenters. The summed E-state index contributed by atoms with van der Waals surface area (Å²) in [6, 6.07) is 6.53. The monoisotopic (exact) mass is 355 g/mol. The second-order valence-corrected chi connectivity index (χ2v) is 5.24. The van der Waals surface area contributed by atoms with Crippen LogP contribution < -0.4 is 5.32 Å². The molecule has 0 aliphatic carbocycles. The number of methoxy groups -OCH3 is 1. The second kappa shape index (κ2) is 9.31. The van der Waals surface area contributed by atoms with Crippen LogP contribution in [0.1, 0.15) is 18.4 Å². The van der Waals surface area contributed by atoms with Gasteiger partial charge in [-0.25, -0.2) is 4.79 Å². The van der Waals surface area contributed by atoms with Crippen molar-refractivity contribution in [3.8, 4) is 0 Å². The molecule has 114 valence electrons. The van der Waals surface area contributed by atoms with Gasteiger partial charge in [-0.15, -0.1) is 0 Å². The molecule has 0 saturated carbocycles. The predicted octanol–water partition coefficient (Wildman–Crippen LogP) is 2.46. The minimum absolute atomic E-state index is 0.331. The summed E-state index contributed by atoms with van der Waals surface area (Å²) in [4.78, 5) is 22.8. The number of nitrogens with one attached hydrogen (secondary N) is 1. The molecule has 0 heterocycles. The molecule has 0 aliphatic heterocycles. The van der Waals surface area contributed by atoms with Crippen molar-refractivity contribution in [3.63, 3.8) is 0 Å². The summed E-state index contributed by atoms with van der Waals surface area (Å²) in [6.07, 6.45) is 3.86. The van der Waals surface area contributed by atoms with E-state index in [1.165, 1.54) is 6.08 Å². The molecule has 1 amide bonds. The van der Waals surface area contributed by atoms with Crippen LogP contribution >= 0.6 is 15.9 Å². The van der Waals surface area contributed by atoms with E-state index in [0.29, 0.717) is 19.4 Å². The van der Waals surface area contributed by atoms with Crippen molar-refractivity contribution >= 4 is 33.9 Å². The van der Waals surface area contributed by atoms with Gasteiger partial charge in [0.1, 0.15) is 6.04 Å². The first-order chi connectivity index (χ1) is 10.0. The first-order valence-electron chi connectivity index (χ1n) is 6.49. The molecule has 0 spiro atoms. The molecule has 0 aliphatic rings. The fourth-order valence-corrected chi connectivity index (χ4v) is 2.10. The first-order valence-corrected chi connectivity index (χ1v) is 7.28. The third-order valence-corrected chi connectivity index (χ3v) is 3.50. The SMILES string of the molecule is COCCCC(NC(=O)/C=C/c1ccccc1Br)C(=O)O. The van der Waals surface area contributed by atoms with Crippen LogP contribution in [-0.2, 0) is 14.3 Å². The number of carbonyl (C=O) groups excluding carboxylic acids is 1. The van der Waals surface area contributed by atoms with E-state index in [9.17, 15) is 9.59 Å². The predicted molar refractivity (Wildman–Crippen MR) is 83.9 cm³/mol. The Hall–Kier alpha value is -1.66. The van der Waals surface area contributed by atoms with Gasteiger partial charge < -0.3 is 15.2 Å². The van der Waals surface area contributed by atoms with E-state index in [1.54, 1.807) is 13.2 Å². The summed E-state index contributed by atoms with van der Waals surface area (Å²) in [6.45, 7) is 0.465. The zero-order valence-corrected chi connectivity index (χ0v) is 13.3. The lowest BCUT2D eigenvalue weighted by molar-refractivity contribution is -0.141. The highest BCUT2D eigenvalue weighted by molar-refractivity contribution is 9.10. The van der Waals surface area contributed by atoms with Crippen LogP contribution in [0.25, 0.3) is 6.08 Å². The second-order valence-electron chi connectivity index (χ2n) is 4.39. The summed E-state index contributed by atoms with van der Waals surface area (Å²) >= 11 is 3.37. The van der Waals surface area contributed by atoms with Crippen LogP contribution in [0.3, 0.4) is 0 Å². The average molecular weight is 356 g/mol. The maximum Gasteiger partial charge on any atom is 0.326 e. The lowest BCUT2D eigenvalue weighted by Crippen LogP contribution is -2.40. The highest BCUT2D eigenvalue weighted by Crippen LogP contribution is 2.16. The molecule has 1 rings (SSSR count). The third kappa shape index (κ3) is 6.55. The Morgan fingerprint density at radius 3 is 2.76 bits per heavy atom. The van der Waals surface area contributed by atoms with Gasteiger partial charge in [-0.1, -0.05) is 34.1 Å². The quantitative estimate of drug-likeness (QED) is 0.554. The van der Waals surface area contributed by atoms with Gasteiger partial charge >= 0.3 is 5.97 Å². The van der Waals surface area contributed by atoms with Gasteiger partial charge in [-0.05, 0) is 30.5 Å². The first kappa shape index (κ1) is 17.4. The van der Waals surface area contributed by atoms with Crippen LogP contribution in [0.5, 0.6) is 0 Å². The Labute approximate surface area is 132 Å². The molecular weight excluding hydrogens is 338 g/mol. The molecule has 1 unspecified atom stereocenters. The van der Waals surface area contributed by atoms with E-state index < -0.39 is 17.9 Å². The highest BCUT2D eigenvalue weighted by atomic mass is 79.9. The average Bonchev–Trinajstić information content (AvgIpc) is 2.45. The summed E-state index contributed by atoms with van der Waals surface area (Å²) in [5.74, 6) is -1.48. The minimum Gasteiger partial charge on any atom is -0.480 e. The molecule has 0 bridgehead atoms. The Kier molecular flexibility index (Phi) is 7.71. The summed E-state index contributed by atoms with van der Waals surface area (Å²) < 4.78 is 5.74. The highest BCUT2D eigenvalue weighted by Gasteiger charge is 2.18. The van der Waals surface area contributed by atoms with Crippen LogP contribution in [-0.4, -0.2) is 36.7 Å². The van der Waals surface area contributed by atoms with E-state index in [1.807, 2.05) is 24.3 Å². The topological polar surface area (TPSA) is 75.6 Å². The molecule has 0 saturated heterocycles. The number of amides is 1. The summed E-state index contributed by atoms with van der Waals surface area (Å²) in [5, 5.41) is 11.5. The van der Waals surface area contributed by atoms with Crippen molar-refractivity contribution in [2.24, 2.45) is 0 Å². The van der Waals surface area contributed by atoms with Gasteiger partial charge in [0.2, 0.25) is 5.91 Å². The van der Waals surface area contributed by atoms with E-state index >= 15 is 0 Å². The van der Waals surface area contributed by atoms with Gasteiger partial charge in [-0.3, -0.25) is 4.79 Å². The van der Waals surface area contributed by atoms with E-state index in [4.69, 9.17) is 9.84 Å². The number of carboxylic acid groups (broad SMARTS) is 1. The number of ether oxygens (including phenoxy) is 1. The Morgan fingerprint density at radius 2 is 2.14 bits per heavy atom. The van der Waals surface area contributed by atoms with Crippen molar-refractivity contribution < 1.29 is 19.4 Å². The zero-order valence-electron chi connectivity index (χ0n) is 11.7. The third-order valence-electron chi connectivity index (χ3n) is 2.78. The lowest BCUT2D eigenvalue weighted by Gasteiger charge is -2.12. The maximum absolute atomic E-state index is 11.8. The zero-order chi connectivity index (χ0) is 15.7. The molecule has 0 aromatic heterocycles. The fourth-order valence-electron chi connectivity index (χ4n) is 1.68. The standard InChI is InChI=1S/C15H18BrNO4/c1-21-10-4-7-13(15(19)20)17-14(18)9-8-11-5-2-3-6-12(11)16/h2-3,5-6,8-9,13H,4,7,10H2,1H3,(H,17,18)(H,19,20)/b9-8+. The number of hydrogen-bond donors (Lipinski definition) is 2. The number of rotatable bonds is 8. The molecule has 6 heteroatoms. The van der Waals surface area contributed by atoms with Crippen molar-refractivity contribution in [1.29, 1.82) is 0 Å². The Morgan fingerprint density at radius 1 is 1.43 bits per heavy atom. The van der Waals surface area contributed by atoms with Gasteiger partial charge in [0, 0.05) is 24.3 Å². The molecule has 1 aromatic rings. The molecule has 2 N–H and O–H groups in total. The van der Waals surface area contributed by atoms with Crippen LogP contribution in [0.2, 0.25) is 0 Å². The van der Waals surface area contributed by atoms with Gasteiger partial charge in [0.25, 0.3) is 0 Å². The summed E-state index contributed by atoms with van der Waals surface area (Å²) in [7, 11) is 1.55. The van der Waals surface area contributed by atoms with Gasteiger partial charge in [-0.2, -0.15) is 0 Å². The minimum atomic E-state index is -1.05. The van der Waals surface area contributed by atoms with Crippen LogP contribution in [0.15, 0.2) is 34.8 Å². The number of hydrogen-bond acceptors (Lipinski definition) is 3. The number of aliphatic carboxylic acids is 1. The van der Waals surface area contributed by atoms with Crippen LogP contribution in [0.4, 0.5) is 0 Å². The van der Waals surface area contributed by atoms with Gasteiger partial charge in [0.15, 0.2) is 0 Å². The molecule has 1 aromatic carbocycles. The Bertz CT molecular complexity index is 516. The van der Waals surface area contributed by atoms with Crippen molar-refractivity contribution in [2.75, 3.05) is 13.7 Å². The van der Waals surface area contributed by atoms with Crippen molar-refractivity contribution in [2.45, 2.75) is 18.9 Å². The number of carboxylic acids is 1. The van der Waals surface area contributed by atoms with Crippen molar-refractivity contribution in [3.05, 3.63) is 40.4 Å². The maximum atomic E-state index is 11.8. The normalized spacial score (nSPS) is 12.3. The molecule has 5 nitrogen and oxygen atoms in total. The lowest BCUT2D eigenvalue weighted by atomic mass is 10.1. The van der Waals surface area contributed by atoms with Gasteiger partial charge in [0.05, 0.1) is 0 Å². The molecule has 21 heavy (non-hydrogen) atoms. The molecule has 0 radical (unpaired) electrons. The van der Waals surface area contributed by atoms with E-state index in [2.05, 4.69) is 21.2 Å². The number of carbonyl (C=O) groups is 2. The number of halogens is 1. The largest absolute Gasteiger partial charge is 0.480 e. The molecule has 0 fully saturated rings. The Balaban J connectivity index is 2.57. The molecular formula is C15H18BrNO4. The van der Waals surface area contributed by atoms with E-state index in [-0.39, 0.29) is 0 Å². The number of benzene rings is 1. The van der Waals surface area contributed by atoms with Crippen molar-refractivity contribution in [1.82, 2.24) is 5.32 Å². The van der Waals surface area contributed by atoms with E-state index in [0.717, 1.165) is 10.0 Å². The smallest absolute Gasteiger partial charge is 0.326 e. The fraction of sp³-hybridized carbons (Fsp3) is 0.333. The van der Waals surface area contributed by atoms with Crippen LogP contribution in [0, 0.1) is 0 Å². The summed E-state index contributed by atoms with van der Waals surface area (Å²) in [5.41, 5.74) is 0.846.